The number of hydrogen-bond donors (Lipinski definition) is 1. The fourth-order valence-electron chi connectivity index (χ4n) is 5.54. The number of rotatable bonds is 4. The van der Waals surface area contributed by atoms with Crippen molar-refractivity contribution in [1.29, 1.82) is 0 Å². The zero-order chi connectivity index (χ0) is 28.6. The molecule has 9 heteroatoms. The summed E-state index contributed by atoms with van der Waals surface area (Å²) < 4.78 is 29.1. The Labute approximate surface area is 247 Å². The van der Waals surface area contributed by atoms with E-state index in [-0.39, 0.29) is 12.5 Å². The summed E-state index contributed by atoms with van der Waals surface area (Å²) in [6.45, 7) is 7.46. The van der Waals surface area contributed by atoms with Crippen LogP contribution in [0.25, 0.3) is 0 Å². The van der Waals surface area contributed by atoms with Crippen molar-refractivity contribution in [2.24, 2.45) is 0 Å². The molecule has 3 aliphatic heterocycles. The van der Waals surface area contributed by atoms with E-state index in [1.54, 1.807) is 0 Å². The first-order valence-electron chi connectivity index (χ1n) is 14.9. The molecular formula is C33H39N3O6. The Bertz CT molecular complexity index is 1360. The average Bonchev–Trinajstić information content (AvgIpc) is 3.25. The number of nitrogens with one attached hydrogen (secondary N) is 1. The van der Waals surface area contributed by atoms with Gasteiger partial charge in [0.25, 0.3) is 0 Å². The third-order valence-corrected chi connectivity index (χ3v) is 7.65. The normalized spacial score (nSPS) is 18.1. The van der Waals surface area contributed by atoms with Gasteiger partial charge >= 0.3 is 0 Å². The van der Waals surface area contributed by atoms with E-state index < -0.39 is 0 Å². The molecule has 0 aromatic heterocycles. The number of amides is 1. The summed E-state index contributed by atoms with van der Waals surface area (Å²) in [5, 5.41) is 3.03. The van der Waals surface area contributed by atoms with E-state index in [0.29, 0.717) is 63.3 Å². The van der Waals surface area contributed by atoms with Crippen LogP contribution in [0.2, 0.25) is 0 Å². The smallest absolute Gasteiger partial charge is 0.238 e. The zero-order valence-electron chi connectivity index (χ0n) is 24.0. The van der Waals surface area contributed by atoms with Crippen molar-refractivity contribution in [2.45, 2.75) is 19.4 Å². The van der Waals surface area contributed by atoms with Crippen LogP contribution in [0.5, 0.6) is 17.2 Å². The molecule has 42 heavy (non-hydrogen) atoms. The molecule has 0 atom stereocenters. The molecule has 1 fully saturated rings. The number of benzene rings is 3. The molecule has 222 valence electrons. The van der Waals surface area contributed by atoms with Gasteiger partial charge in [-0.05, 0) is 41.5 Å². The number of nitrogens with zero attached hydrogens (tertiary/aromatic N) is 2. The number of ether oxygens (including phenoxy) is 5. The second kappa shape index (κ2) is 13.9. The van der Waals surface area contributed by atoms with E-state index in [9.17, 15) is 4.79 Å². The fraction of sp³-hybridized carbons (Fsp3) is 0.424. The predicted octanol–water partition coefficient (Wildman–Crippen LogP) is 4.13. The molecule has 0 aliphatic carbocycles. The van der Waals surface area contributed by atoms with Crippen molar-refractivity contribution in [1.82, 2.24) is 4.90 Å². The summed E-state index contributed by atoms with van der Waals surface area (Å²) in [6, 6.07) is 20.6. The fourth-order valence-corrected chi connectivity index (χ4v) is 5.54. The molecule has 3 aromatic carbocycles. The van der Waals surface area contributed by atoms with E-state index in [2.05, 4.69) is 57.6 Å². The zero-order valence-corrected chi connectivity index (χ0v) is 24.0. The summed E-state index contributed by atoms with van der Waals surface area (Å²) in [4.78, 5) is 17.6. The van der Waals surface area contributed by atoms with Gasteiger partial charge in [-0.3, -0.25) is 9.69 Å². The maximum atomic E-state index is 13.1. The van der Waals surface area contributed by atoms with Gasteiger partial charge in [0.05, 0.1) is 46.2 Å². The van der Waals surface area contributed by atoms with E-state index in [1.807, 2.05) is 18.2 Å². The number of carbonyl (C=O) groups is 1. The highest BCUT2D eigenvalue weighted by molar-refractivity contribution is 5.92. The first kappa shape index (κ1) is 28.3. The SMILES string of the molecule is O=C(CN1CCOCCOc2ccc(N3CCOCC3)cc2Cc2cccc(c2)C1)Nc1ccc2c(c1)OCCCO2. The summed E-state index contributed by atoms with van der Waals surface area (Å²) in [5.74, 6) is 2.18. The Morgan fingerprint density at radius 1 is 0.714 bits per heavy atom. The van der Waals surface area contributed by atoms with Crippen molar-refractivity contribution in [2.75, 3.05) is 82.6 Å². The largest absolute Gasteiger partial charge is 0.491 e. The van der Waals surface area contributed by atoms with Crippen molar-refractivity contribution >= 4 is 17.3 Å². The minimum atomic E-state index is -0.0883. The maximum Gasteiger partial charge on any atom is 0.238 e. The number of fused-ring (bicyclic) bond motifs is 4. The minimum absolute atomic E-state index is 0.0883. The standard InChI is InChI=1S/C33H39N3O6/c37-33(34-28-5-7-31-32(22-28)41-13-2-12-40-31)24-35-9-14-39-17-18-42-30-8-6-29(36-10-15-38-16-11-36)21-27(30)20-25-3-1-4-26(19-25)23-35/h1,3-8,19,21-22H,2,9-18,20,23-24H2,(H,34,37). The quantitative estimate of drug-likeness (QED) is 0.499. The van der Waals surface area contributed by atoms with E-state index in [0.717, 1.165) is 56.0 Å². The van der Waals surface area contributed by atoms with Crippen LogP contribution in [0.4, 0.5) is 11.4 Å². The molecule has 1 amide bonds. The minimum Gasteiger partial charge on any atom is -0.491 e. The molecule has 3 aliphatic rings. The van der Waals surface area contributed by atoms with Crippen LogP contribution in [-0.4, -0.2) is 83.2 Å². The van der Waals surface area contributed by atoms with E-state index in [1.165, 1.54) is 11.3 Å². The molecular weight excluding hydrogens is 534 g/mol. The molecule has 1 saturated heterocycles. The van der Waals surface area contributed by atoms with E-state index in [4.69, 9.17) is 23.7 Å². The number of morpholine rings is 1. The van der Waals surface area contributed by atoms with Gasteiger partial charge in [0.15, 0.2) is 11.5 Å². The second-order valence-electron chi connectivity index (χ2n) is 10.8. The average molecular weight is 574 g/mol. The number of anilines is 2. The maximum absolute atomic E-state index is 13.1. The summed E-state index contributed by atoms with van der Waals surface area (Å²) in [5.41, 5.74) is 5.40. The van der Waals surface area contributed by atoms with Gasteiger partial charge in [-0.15, -0.1) is 0 Å². The third kappa shape index (κ3) is 7.53. The monoisotopic (exact) mass is 573 g/mol. The van der Waals surface area contributed by atoms with Crippen LogP contribution in [0.1, 0.15) is 23.1 Å². The Morgan fingerprint density at radius 2 is 1.48 bits per heavy atom. The summed E-state index contributed by atoms with van der Waals surface area (Å²) in [7, 11) is 0. The Balaban J connectivity index is 1.15. The molecule has 6 rings (SSSR count). The Hall–Kier alpha value is -3.79. The van der Waals surface area contributed by atoms with Gasteiger partial charge in [0, 0.05) is 62.0 Å². The lowest BCUT2D eigenvalue weighted by Gasteiger charge is -2.29. The summed E-state index contributed by atoms with van der Waals surface area (Å²) >= 11 is 0. The number of carbonyl (C=O) groups excluding carboxylic acids is 1. The molecule has 0 unspecified atom stereocenters. The highest BCUT2D eigenvalue weighted by Crippen LogP contribution is 2.32. The first-order chi connectivity index (χ1) is 20.7. The third-order valence-electron chi connectivity index (χ3n) is 7.65. The highest BCUT2D eigenvalue weighted by Gasteiger charge is 2.17. The van der Waals surface area contributed by atoms with Gasteiger partial charge in [-0.25, -0.2) is 0 Å². The molecule has 0 spiro atoms. The van der Waals surface area contributed by atoms with Crippen LogP contribution in [0.15, 0.2) is 60.7 Å². The van der Waals surface area contributed by atoms with Gasteiger partial charge in [0.2, 0.25) is 5.91 Å². The lowest BCUT2D eigenvalue weighted by atomic mass is 10.0. The van der Waals surface area contributed by atoms with Crippen molar-refractivity contribution in [3.63, 3.8) is 0 Å². The Morgan fingerprint density at radius 3 is 2.38 bits per heavy atom. The second-order valence-corrected chi connectivity index (χ2v) is 10.8. The van der Waals surface area contributed by atoms with Gasteiger partial charge in [-0.1, -0.05) is 24.3 Å². The lowest BCUT2D eigenvalue weighted by Crippen LogP contribution is -2.36. The van der Waals surface area contributed by atoms with Gasteiger partial charge in [0.1, 0.15) is 12.4 Å². The van der Waals surface area contributed by atoms with Crippen molar-refractivity contribution < 1.29 is 28.5 Å². The first-order valence-corrected chi connectivity index (χ1v) is 14.9. The van der Waals surface area contributed by atoms with Crippen LogP contribution in [-0.2, 0) is 27.2 Å². The van der Waals surface area contributed by atoms with Gasteiger partial charge < -0.3 is 33.9 Å². The highest BCUT2D eigenvalue weighted by atomic mass is 16.5. The van der Waals surface area contributed by atoms with Crippen molar-refractivity contribution in [3.05, 3.63) is 77.4 Å². The van der Waals surface area contributed by atoms with Crippen LogP contribution in [0.3, 0.4) is 0 Å². The van der Waals surface area contributed by atoms with Crippen LogP contribution in [0, 0.1) is 0 Å². The lowest BCUT2D eigenvalue weighted by molar-refractivity contribution is -0.117. The molecule has 9 nitrogen and oxygen atoms in total. The molecule has 2 bridgehead atoms. The molecule has 0 saturated carbocycles. The predicted molar refractivity (Wildman–Crippen MR) is 161 cm³/mol. The summed E-state index contributed by atoms with van der Waals surface area (Å²) in [6.07, 6.45) is 1.59. The van der Waals surface area contributed by atoms with E-state index >= 15 is 0 Å². The number of hydrogen-bond acceptors (Lipinski definition) is 8. The molecule has 3 aromatic rings. The van der Waals surface area contributed by atoms with Gasteiger partial charge in [-0.2, -0.15) is 0 Å². The van der Waals surface area contributed by atoms with Crippen LogP contribution < -0.4 is 24.4 Å². The molecule has 3 heterocycles. The Kier molecular flexibility index (Phi) is 9.39. The molecule has 0 radical (unpaired) electrons. The van der Waals surface area contributed by atoms with Crippen LogP contribution >= 0.6 is 0 Å². The molecule has 1 N–H and O–H groups in total. The topological polar surface area (TPSA) is 81.7 Å². The van der Waals surface area contributed by atoms with Crippen molar-refractivity contribution in [3.8, 4) is 17.2 Å².